The molecule has 0 radical (unpaired) electrons. The summed E-state index contributed by atoms with van der Waals surface area (Å²) in [5.74, 6) is 0.247. The normalized spacial score (nSPS) is 13.8. The Labute approximate surface area is 181 Å². The van der Waals surface area contributed by atoms with E-state index in [1.165, 1.54) is 36.7 Å². The zero-order valence-corrected chi connectivity index (χ0v) is 18.0. The van der Waals surface area contributed by atoms with Gasteiger partial charge in [-0.25, -0.2) is 0 Å². The number of hydrogen-bond donors (Lipinski definition) is 1. The van der Waals surface area contributed by atoms with Crippen LogP contribution in [0.2, 0.25) is 0 Å². The quantitative estimate of drug-likeness (QED) is 0.560. The van der Waals surface area contributed by atoms with Gasteiger partial charge in [0.15, 0.2) is 0 Å². The van der Waals surface area contributed by atoms with Crippen LogP contribution in [-0.4, -0.2) is 34.9 Å². The Morgan fingerprint density at radius 3 is 2.50 bits per heavy atom. The molecular formula is C24H26N4OS. The second kappa shape index (κ2) is 9.76. The van der Waals surface area contributed by atoms with E-state index in [1.54, 1.807) is 0 Å². The van der Waals surface area contributed by atoms with Gasteiger partial charge in [-0.3, -0.25) is 4.79 Å². The molecule has 1 N–H and O–H groups in total. The van der Waals surface area contributed by atoms with Crippen molar-refractivity contribution in [3.05, 3.63) is 66.2 Å². The lowest BCUT2D eigenvalue weighted by Gasteiger charge is -2.28. The van der Waals surface area contributed by atoms with E-state index in [9.17, 15) is 4.79 Å². The number of piperidine rings is 1. The molecule has 0 aliphatic carbocycles. The number of rotatable bonds is 6. The standard InChI is InChI=1S/C24H26N4OS/c1-18-6-5-7-20(16-18)25-23(29)17-30-24-13-12-22(26-27-24)19-8-10-21(11-9-19)28-14-3-2-4-15-28/h5-13,16H,2-4,14-15,17H2,1H3,(H,25,29). The van der Waals surface area contributed by atoms with Gasteiger partial charge in [-0.15, -0.1) is 10.2 Å². The summed E-state index contributed by atoms with van der Waals surface area (Å²) >= 11 is 1.38. The topological polar surface area (TPSA) is 58.1 Å². The average Bonchev–Trinajstić information content (AvgIpc) is 2.79. The summed E-state index contributed by atoms with van der Waals surface area (Å²) in [4.78, 5) is 14.6. The SMILES string of the molecule is Cc1cccc(NC(=O)CSc2ccc(-c3ccc(N4CCCCC4)cc3)nn2)c1. The lowest BCUT2D eigenvalue weighted by Crippen LogP contribution is -2.29. The number of amides is 1. The fourth-order valence-electron chi connectivity index (χ4n) is 3.61. The van der Waals surface area contributed by atoms with E-state index < -0.39 is 0 Å². The van der Waals surface area contributed by atoms with E-state index >= 15 is 0 Å². The van der Waals surface area contributed by atoms with Crippen LogP contribution in [-0.2, 0) is 4.79 Å². The molecule has 30 heavy (non-hydrogen) atoms. The summed E-state index contributed by atoms with van der Waals surface area (Å²) in [5, 5.41) is 12.3. The van der Waals surface area contributed by atoms with Crippen LogP contribution < -0.4 is 10.2 Å². The Balaban J connectivity index is 1.32. The number of anilines is 2. The maximum absolute atomic E-state index is 12.2. The summed E-state index contributed by atoms with van der Waals surface area (Å²) in [6.45, 7) is 4.29. The maximum Gasteiger partial charge on any atom is 0.234 e. The lowest BCUT2D eigenvalue weighted by atomic mass is 10.1. The zero-order valence-electron chi connectivity index (χ0n) is 17.2. The Morgan fingerprint density at radius 2 is 1.80 bits per heavy atom. The van der Waals surface area contributed by atoms with Crippen molar-refractivity contribution in [1.29, 1.82) is 0 Å². The van der Waals surface area contributed by atoms with E-state index in [0.29, 0.717) is 5.75 Å². The molecule has 1 fully saturated rings. The number of aryl methyl sites for hydroxylation is 1. The van der Waals surface area contributed by atoms with Crippen LogP contribution in [0.4, 0.5) is 11.4 Å². The smallest absolute Gasteiger partial charge is 0.234 e. The Morgan fingerprint density at radius 1 is 1.00 bits per heavy atom. The van der Waals surface area contributed by atoms with Gasteiger partial charge in [-0.2, -0.15) is 0 Å². The minimum Gasteiger partial charge on any atom is -0.372 e. The number of nitrogens with zero attached hydrogens (tertiary/aromatic N) is 3. The molecule has 1 aliphatic rings. The van der Waals surface area contributed by atoms with Crippen LogP contribution in [0.15, 0.2) is 65.7 Å². The highest BCUT2D eigenvalue weighted by molar-refractivity contribution is 7.99. The maximum atomic E-state index is 12.2. The molecule has 154 valence electrons. The third-order valence-corrected chi connectivity index (χ3v) is 6.10. The van der Waals surface area contributed by atoms with Crippen LogP contribution in [0.3, 0.4) is 0 Å². The number of aromatic nitrogens is 2. The molecule has 3 aromatic rings. The van der Waals surface area contributed by atoms with Gasteiger partial charge in [0.1, 0.15) is 5.03 Å². The van der Waals surface area contributed by atoms with Crippen molar-refractivity contribution in [3.8, 4) is 11.3 Å². The zero-order chi connectivity index (χ0) is 20.8. The van der Waals surface area contributed by atoms with E-state index in [0.717, 1.165) is 40.6 Å². The molecule has 0 saturated carbocycles. The first-order valence-electron chi connectivity index (χ1n) is 10.4. The number of hydrogen-bond acceptors (Lipinski definition) is 5. The Hall–Kier alpha value is -2.86. The second-order valence-corrected chi connectivity index (χ2v) is 8.55. The highest BCUT2D eigenvalue weighted by Crippen LogP contribution is 2.25. The van der Waals surface area contributed by atoms with Gasteiger partial charge in [0.05, 0.1) is 11.4 Å². The number of carbonyl (C=O) groups excluding carboxylic acids is 1. The monoisotopic (exact) mass is 418 g/mol. The summed E-state index contributed by atoms with van der Waals surface area (Å²) < 4.78 is 0. The first kappa shape index (κ1) is 20.4. The lowest BCUT2D eigenvalue weighted by molar-refractivity contribution is -0.113. The average molecular weight is 419 g/mol. The van der Waals surface area contributed by atoms with E-state index in [-0.39, 0.29) is 5.91 Å². The van der Waals surface area contributed by atoms with E-state index in [4.69, 9.17) is 0 Å². The summed E-state index contributed by atoms with van der Waals surface area (Å²) in [5.41, 5.74) is 5.10. The number of benzene rings is 2. The molecule has 0 unspecified atom stereocenters. The Bertz CT molecular complexity index is 983. The van der Waals surface area contributed by atoms with Gasteiger partial charge in [0.25, 0.3) is 0 Å². The van der Waals surface area contributed by atoms with Crippen molar-refractivity contribution < 1.29 is 4.79 Å². The molecule has 1 aromatic heterocycles. The minimum atomic E-state index is -0.0511. The van der Waals surface area contributed by atoms with Crippen molar-refractivity contribution >= 4 is 29.0 Å². The minimum absolute atomic E-state index is 0.0511. The summed E-state index contributed by atoms with van der Waals surface area (Å²) in [6.07, 6.45) is 3.88. The van der Waals surface area contributed by atoms with E-state index in [2.05, 4.69) is 44.7 Å². The van der Waals surface area contributed by atoms with Crippen molar-refractivity contribution in [2.24, 2.45) is 0 Å². The molecule has 1 aliphatic heterocycles. The molecule has 0 spiro atoms. The molecule has 0 bridgehead atoms. The van der Waals surface area contributed by atoms with E-state index in [1.807, 2.05) is 43.3 Å². The first-order valence-corrected chi connectivity index (χ1v) is 11.3. The molecule has 2 aromatic carbocycles. The van der Waals surface area contributed by atoms with Crippen LogP contribution in [0.25, 0.3) is 11.3 Å². The molecule has 1 amide bonds. The van der Waals surface area contributed by atoms with Gasteiger partial charge in [0, 0.05) is 30.0 Å². The molecule has 6 heteroatoms. The summed E-state index contributed by atoms with van der Waals surface area (Å²) in [6, 6.07) is 20.2. The number of thioether (sulfide) groups is 1. The second-order valence-electron chi connectivity index (χ2n) is 7.56. The third kappa shape index (κ3) is 5.39. The molecule has 1 saturated heterocycles. The van der Waals surface area contributed by atoms with Gasteiger partial charge in [0.2, 0.25) is 5.91 Å². The van der Waals surface area contributed by atoms with Crippen molar-refractivity contribution in [2.75, 3.05) is 29.1 Å². The van der Waals surface area contributed by atoms with Gasteiger partial charge < -0.3 is 10.2 Å². The third-order valence-electron chi connectivity index (χ3n) is 5.18. The number of carbonyl (C=O) groups is 1. The first-order chi connectivity index (χ1) is 14.7. The van der Waals surface area contributed by atoms with Crippen LogP contribution in [0, 0.1) is 6.92 Å². The van der Waals surface area contributed by atoms with Crippen molar-refractivity contribution in [1.82, 2.24) is 10.2 Å². The Kier molecular flexibility index (Phi) is 6.64. The van der Waals surface area contributed by atoms with Crippen molar-refractivity contribution in [2.45, 2.75) is 31.2 Å². The molecule has 2 heterocycles. The van der Waals surface area contributed by atoms with Gasteiger partial charge in [-0.1, -0.05) is 36.0 Å². The fraction of sp³-hybridized carbons (Fsp3) is 0.292. The highest BCUT2D eigenvalue weighted by atomic mass is 32.2. The van der Waals surface area contributed by atoms with Gasteiger partial charge in [-0.05, 0) is 68.1 Å². The predicted octanol–water partition coefficient (Wildman–Crippen LogP) is 5.17. The van der Waals surface area contributed by atoms with Crippen molar-refractivity contribution in [3.63, 3.8) is 0 Å². The predicted molar refractivity (Wildman–Crippen MR) is 124 cm³/mol. The van der Waals surface area contributed by atoms with Crippen LogP contribution in [0.5, 0.6) is 0 Å². The molecular weight excluding hydrogens is 392 g/mol. The van der Waals surface area contributed by atoms with Crippen LogP contribution >= 0.6 is 11.8 Å². The van der Waals surface area contributed by atoms with Gasteiger partial charge >= 0.3 is 0 Å². The fourth-order valence-corrected chi connectivity index (χ4v) is 4.22. The highest BCUT2D eigenvalue weighted by Gasteiger charge is 2.11. The molecule has 0 atom stereocenters. The molecule has 5 nitrogen and oxygen atoms in total. The largest absolute Gasteiger partial charge is 0.372 e. The molecule has 4 rings (SSSR count). The number of nitrogens with one attached hydrogen (secondary N) is 1. The van der Waals surface area contributed by atoms with Crippen LogP contribution in [0.1, 0.15) is 24.8 Å². The summed E-state index contributed by atoms with van der Waals surface area (Å²) in [7, 11) is 0.